The molecule has 144 valence electrons. The van der Waals surface area contributed by atoms with Gasteiger partial charge in [0.15, 0.2) is 0 Å². The topological polar surface area (TPSA) is 82.6 Å². The molecule has 0 saturated carbocycles. The molecule has 3 aromatic rings. The third-order valence-corrected chi connectivity index (χ3v) is 4.19. The summed E-state index contributed by atoms with van der Waals surface area (Å²) in [4.78, 5) is 21.1. The summed E-state index contributed by atoms with van der Waals surface area (Å²) < 4.78 is 15.6. The minimum atomic E-state index is -0.260. The second kappa shape index (κ2) is 8.85. The van der Waals surface area contributed by atoms with Crippen LogP contribution in [0.2, 0.25) is 0 Å². The maximum absolute atomic E-state index is 12.5. The van der Waals surface area contributed by atoms with Crippen LogP contribution in [-0.2, 0) is 6.54 Å². The Balaban J connectivity index is 1.71. The maximum atomic E-state index is 12.5. The van der Waals surface area contributed by atoms with E-state index >= 15 is 0 Å². The van der Waals surface area contributed by atoms with Crippen molar-refractivity contribution < 1.29 is 19.0 Å². The molecular formula is C21H21N3O4. The molecule has 0 radical (unpaired) electrons. The van der Waals surface area contributed by atoms with Gasteiger partial charge < -0.3 is 19.5 Å². The predicted molar refractivity (Wildman–Crippen MR) is 105 cm³/mol. The van der Waals surface area contributed by atoms with E-state index in [0.717, 1.165) is 17.0 Å². The van der Waals surface area contributed by atoms with Crippen LogP contribution in [0.5, 0.6) is 17.2 Å². The number of aromatic nitrogens is 2. The third-order valence-electron chi connectivity index (χ3n) is 4.19. The van der Waals surface area contributed by atoms with Gasteiger partial charge in [0, 0.05) is 11.6 Å². The smallest absolute Gasteiger partial charge is 0.255 e. The van der Waals surface area contributed by atoms with Gasteiger partial charge in [0.25, 0.3) is 5.91 Å². The summed E-state index contributed by atoms with van der Waals surface area (Å²) >= 11 is 0. The molecule has 1 N–H and O–H groups in total. The number of hydrogen-bond donors (Lipinski definition) is 1. The van der Waals surface area contributed by atoms with Gasteiger partial charge >= 0.3 is 0 Å². The summed E-state index contributed by atoms with van der Waals surface area (Å²) in [6, 6.07) is 14.5. The third kappa shape index (κ3) is 4.37. The maximum Gasteiger partial charge on any atom is 0.255 e. The van der Waals surface area contributed by atoms with Gasteiger partial charge in [0.1, 0.15) is 23.6 Å². The van der Waals surface area contributed by atoms with Crippen LogP contribution < -0.4 is 19.5 Å². The average molecular weight is 379 g/mol. The van der Waals surface area contributed by atoms with Gasteiger partial charge in [-0.2, -0.15) is 0 Å². The van der Waals surface area contributed by atoms with Crippen LogP contribution in [0.4, 0.5) is 0 Å². The summed E-state index contributed by atoms with van der Waals surface area (Å²) in [6.45, 7) is 0.264. The van der Waals surface area contributed by atoms with E-state index < -0.39 is 0 Å². The van der Waals surface area contributed by atoms with Crippen LogP contribution in [0.3, 0.4) is 0 Å². The Morgan fingerprint density at radius 2 is 1.61 bits per heavy atom. The van der Waals surface area contributed by atoms with Crippen LogP contribution in [0.1, 0.15) is 16.1 Å². The zero-order chi connectivity index (χ0) is 19.9. The van der Waals surface area contributed by atoms with Crippen molar-refractivity contribution in [2.24, 2.45) is 0 Å². The van der Waals surface area contributed by atoms with Crippen molar-refractivity contribution in [3.63, 3.8) is 0 Å². The number of rotatable bonds is 7. The highest BCUT2D eigenvalue weighted by molar-refractivity contribution is 5.97. The van der Waals surface area contributed by atoms with Crippen LogP contribution in [0.25, 0.3) is 11.3 Å². The molecule has 0 aliphatic heterocycles. The molecule has 0 bridgehead atoms. The zero-order valence-corrected chi connectivity index (χ0v) is 15.9. The lowest BCUT2D eigenvalue weighted by molar-refractivity contribution is 0.0947. The zero-order valence-electron chi connectivity index (χ0n) is 15.9. The van der Waals surface area contributed by atoms with E-state index in [4.69, 9.17) is 14.2 Å². The Morgan fingerprint density at radius 1 is 0.893 bits per heavy atom. The van der Waals surface area contributed by atoms with Gasteiger partial charge in [0.05, 0.1) is 44.8 Å². The van der Waals surface area contributed by atoms with Crippen molar-refractivity contribution in [1.82, 2.24) is 15.3 Å². The second-order valence-electron chi connectivity index (χ2n) is 5.87. The second-order valence-corrected chi connectivity index (χ2v) is 5.87. The fourth-order valence-electron chi connectivity index (χ4n) is 2.67. The van der Waals surface area contributed by atoms with Crippen molar-refractivity contribution >= 4 is 5.91 Å². The molecule has 0 atom stereocenters. The highest BCUT2D eigenvalue weighted by atomic mass is 16.5. The van der Waals surface area contributed by atoms with E-state index in [0.29, 0.717) is 22.8 Å². The number of ether oxygens (including phenoxy) is 3. The first kappa shape index (κ1) is 19.2. The van der Waals surface area contributed by atoms with E-state index in [1.807, 2.05) is 30.3 Å². The van der Waals surface area contributed by atoms with Gasteiger partial charge in [-0.15, -0.1) is 0 Å². The Hall–Kier alpha value is -3.61. The summed E-state index contributed by atoms with van der Waals surface area (Å²) in [6.07, 6.45) is 1.48. The number of amides is 1. The molecule has 1 heterocycles. The van der Waals surface area contributed by atoms with Gasteiger partial charge in [0.2, 0.25) is 0 Å². The van der Waals surface area contributed by atoms with Gasteiger partial charge in [-0.25, -0.2) is 9.97 Å². The average Bonchev–Trinajstić information content (AvgIpc) is 2.77. The Labute approximate surface area is 163 Å². The van der Waals surface area contributed by atoms with Crippen molar-refractivity contribution in [2.75, 3.05) is 21.3 Å². The molecule has 7 nitrogen and oxygen atoms in total. The monoisotopic (exact) mass is 379 g/mol. The van der Waals surface area contributed by atoms with E-state index in [2.05, 4.69) is 15.3 Å². The molecule has 0 aliphatic rings. The molecule has 2 aromatic carbocycles. The molecular weight excluding hydrogens is 358 g/mol. The Kier molecular flexibility index (Phi) is 6.06. The molecule has 7 heteroatoms. The first-order valence-corrected chi connectivity index (χ1v) is 8.60. The molecule has 0 saturated heterocycles. The Bertz CT molecular complexity index is 958. The number of nitrogens with zero attached hydrogens (tertiary/aromatic N) is 2. The number of hydrogen-bond acceptors (Lipinski definition) is 6. The van der Waals surface area contributed by atoms with Crippen LogP contribution in [-0.4, -0.2) is 37.2 Å². The number of carbonyl (C=O) groups is 1. The molecule has 28 heavy (non-hydrogen) atoms. The molecule has 0 unspecified atom stereocenters. The van der Waals surface area contributed by atoms with Crippen LogP contribution >= 0.6 is 0 Å². The quantitative estimate of drug-likeness (QED) is 0.679. The van der Waals surface area contributed by atoms with Crippen LogP contribution in [0, 0.1) is 0 Å². The summed E-state index contributed by atoms with van der Waals surface area (Å²) in [5.74, 6) is 1.58. The largest absolute Gasteiger partial charge is 0.497 e. The van der Waals surface area contributed by atoms with Crippen molar-refractivity contribution in [3.05, 3.63) is 66.1 Å². The Morgan fingerprint density at radius 3 is 2.29 bits per heavy atom. The fraction of sp³-hybridized carbons (Fsp3) is 0.190. The van der Waals surface area contributed by atoms with Crippen molar-refractivity contribution in [3.8, 4) is 28.5 Å². The van der Waals surface area contributed by atoms with Crippen molar-refractivity contribution in [1.29, 1.82) is 0 Å². The van der Waals surface area contributed by atoms with E-state index in [1.165, 1.54) is 13.4 Å². The highest BCUT2D eigenvalue weighted by Gasteiger charge is 2.13. The minimum Gasteiger partial charge on any atom is -0.497 e. The minimum absolute atomic E-state index is 0.260. The number of carbonyl (C=O) groups excluding carboxylic acids is 1. The van der Waals surface area contributed by atoms with E-state index in [9.17, 15) is 4.79 Å². The highest BCUT2D eigenvalue weighted by Crippen LogP contribution is 2.24. The molecule has 0 fully saturated rings. The van der Waals surface area contributed by atoms with Crippen LogP contribution in [0.15, 0.2) is 54.9 Å². The van der Waals surface area contributed by atoms with E-state index in [1.54, 1.807) is 32.4 Å². The number of nitrogens with one attached hydrogen (secondary N) is 1. The summed E-state index contributed by atoms with van der Waals surface area (Å²) in [7, 11) is 4.69. The molecule has 0 spiro atoms. The number of methoxy groups -OCH3 is 3. The van der Waals surface area contributed by atoms with E-state index in [-0.39, 0.29) is 12.5 Å². The molecule has 1 amide bonds. The number of benzene rings is 2. The van der Waals surface area contributed by atoms with Crippen molar-refractivity contribution in [2.45, 2.75) is 6.54 Å². The summed E-state index contributed by atoms with van der Waals surface area (Å²) in [5.41, 5.74) is 2.82. The fourth-order valence-corrected chi connectivity index (χ4v) is 2.67. The standard InChI is InChI=1S/C21H21N3O4/c1-26-16-6-4-14(5-7-16)19-10-15(23-13-24-19)12-22-21(25)18-9-8-17(27-2)11-20(18)28-3/h4-11,13H,12H2,1-3H3,(H,22,25). The lowest BCUT2D eigenvalue weighted by atomic mass is 10.1. The normalized spacial score (nSPS) is 10.2. The first-order valence-electron chi connectivity index (χ1n) is 8.60. The summed E-state index contributed by atoms with van der Waals surface area (Å²) in [5, 5.41) is 2.85. The molecule has 1 aromatic heterocycles. The van der Waals surface area contributed by atoms with Gasteiger partial charge in [-0.1, -0.05) is 0 Å². The predicted octanol–water partition coefficient (Wildman–Crippen LogP) is 3.10. The van der Waals surface area contributed by atoms with Gasteiger partial charge in [-0.05, 0) is 42.5 Å². The lowest BCUT2D eigenvalue weighted by Gasteiger charge is -2.11. The lowest BCUT2D eigenvalue weighted by Crippen LogP contribution is -2.24. The molecule has 3 rings (SSSR count). The van der Waals surface area contributed by atoms with Gasteiger partial charge in [-0.3, -0.25) is 4.79 Å². The molecule has 0 aliphatic carbocycles. The first-order chi connectivity index (χ1) is 13.6. The SMILES string of the molecule is COc1ccc(-c2cc(CNC(=O)c3ccc(OC)cc3OC)ncn2)cc1.